The quantitative estimate of drug-likeness (QED) is 0.922. The van der Waals surface area contributed by atoms with Crippen LogP contribution in [0.15, 0.2) is 34.2 Å². The van der Waals surface area contributed by atoms with Crippen molar-refractivity contribution < 1.29 is 13.2 Å². The Morgan fingerprint density at radius 2 is 2.00 bits per heavy atom. The SMILES string of the molecule is C[C@H](NC(=O)c1ccncc1)c1csc(S(C)(=O)=O)n1. The van der Waals surface area contributed by atoms with Crippen LogP contribution < -0.4 is 5.32 Å². The summed E-state index contributed by atoms with van der Waals surface area (Å²) in [6.07, 6.45) is 4.17. The first-order valence-electron chi connectivity index (χ1n) is 5.74. The Morgan fingerprint density at radius 1 is 1.35 bits per heavy atom. The molecular weight excluding hydrogens is 298 g/mol. The maximum Gasteiger partial charge on any atom is 0.251 e. The van der Waals surface area contributed by atoms with Gasteiger partial charge in [0.1, 0.15) is 0 Å². The number of hydrogen-bond donors (Lipinski definition) is 1. The van der Waals surface area contributed by atoms with E-state index in [-0.39, 0.29) is 16.3 Å². The average molecular weight is 311 g/mol. The van der Waals surface area contributed by atoms with Crippen LogP contribution in [0.2, 0.25) is 0 Å². The fourth-order valence-electron chi connectivity index (χ4n) is 1.50. The summed E-state index contributed by atoms with van der Waals surface area (Å²) >= 11 is 1.05. The fourth-order valence-corrected chi connectivity index (χ4v) is 3.25. The molecule has 8 heteroatoms. The third-order valence-corrected chi connectivity index (χ3v) is 5.13. The molecule has 0 aliphatic heterocycles. The van der Waals surface area contributed by atoms with Gasteiger partial charge in [0.2, 0.25) is 14.2 Å². The van der Waals surface area contributed by atoms with Crippen LogP contribution in [-0.4, -0.2) is 30.5 Å². The number of amides is 1. The summed E-state index contributed by atoms with van der Waals surface area (Å²) in [5.41, 5.74) is 1.02. The number of rotatable bonds is 4. The molecule has 0 aliphatic carbocycles. The summed E-state index contributed by atoms with van der Waals surface area (Å²) in [5, 5.41) is 4.39. The largest absolute Gasteiger partial charge is 0.344 e. The number of thiazole rings is 1. The molecule has 1 amide bonds. The number of hydrogen-bond acceptors (Lipinski definition) is 6. The molecule has 6 nitrogen and oxygen atoms in total. The van der Waals surface area contributed by atoms with Crippen LogP contribution >= 0.6 is 11.3 Å². The van der Waals surface area contributed by atoms with E-state index in [2.05, 4.69) is 15.3 Å². The van der Waals surface area contributed by atoms with E-state index in [1.807, 2.05) is 0 Å². The summed E-state index contributed by atoms with van der Waals surface area (Å²) in [6.45, 7) is 1.75. The van der Waals surface area contributed by atoms with Gasteiger partial charge in [-0.2, -0.15) is 0 Å². The highest BCUT2D eigenvalue weighted by atomic mass is 32.2. The van der Waals surface area contributed by atoms with Crippen LogP contribution in [0, 0.1) is 0 Å². The average Bonchev–Trinajstić information content (AvgIpc) is 2.89. The Balaban J connectivity index is 2.11. The zero-order valence-electron chi connectivity index (χ0n) is 10.9. The van der Waals surface area contributed by atoms with Crippen molar-refractivity contribution in [2.75, 3.05) is 6.26 Å². The van der Waals surface area contributed by atoms with E-state index < -0.39 is 9.84 Å². The van der Waals surface area contributed by atoms with E-state index in [9.17, 15) is 13.2 Å². The molecule has 0 bridgehead atoms. The zero-order chi connectivity index (χ0) is 14.8. The number of pyridine rings is 1. The Kier molecular flexibility index (Phi) is 4.15. The topological polar surface area (TPSA) is 89.0 Å². The molecule has 2 aromatic heterocycles. The fraction of sp³-hybridized carbons (Fsp3) is 0.250. The second-order valence-electron chi connectivity index (χ2n) is 4.24. The third-order valence-electron chi connectivity index (χ3n) is 2.55. The first-order valence-corrected chi connectivity index (χ1v) is 8.51. The number of nitrogens with zero attached hydrogens (tertiary/aromatic N) is 2. The molecule has 106 valence electrons. The molecule has 1 N–H and O–H groups in total. The van der Waals surface area contributed by atoms with Gasteiger partial charge in [-0.1, -0.05) is 0 Å². The van der Waals surface area contributed by atoms with E-state index in [0.29, 0.717) is 11.3 Å². The Morgan fingerprint density at radius 3 is 2.55 bits per heavy atom. The number of carbonyl (C=O) groups excluding carboxylic acids is 1. The van der Waals surface area contributed by atoms with E-state index in [4.69, 9.17) is 0 Å². The highest BCUT2D eigenvalue weighted by Gasteiger charge is 2.17. The molecule has 2 aromatic rings. The van der Waals surface area contributed by atoms with E-state index in [1.54, 1.807) is 24.4 Å². The number of nitrogens with one attached hydrogen (secondary N) is 1. The van der Waals surface area contributed by atoms with Crippen LogP contribution in [-0.2, 0) is 9.84 Å². The molecule has 0 saturated heterocycles. The smallest absolute Gasteiger partial charge is 0.251 e. The highest BCUT2D eigenvalue weighted by molar-refractivity contribution is 7.92. The summed E-state index contributed by atoms with van der Waals surface area (Å²) in [4.78, 5) is 19.8. The van der Waals surface area contributed by atoms with Crippen molar-refractivity contribution in [1.82, 2.24) is 15.3 Å². The molecule has 0 aliphatic rings. The molecule has 0 aromatic carbocycles. The van der Waals surface area contributed by atoms with Gasteiger partial charge in [0.15, 0.2) is 0 Å². The maximum absolute atomic E-state index is 12.0. The number of aromatic nitrogens is 2. The predicted molar refractivity (Wildman–Crippen MR) is 75.3 cm³/mol. The van der Waals surface area contributed by atoms with E-state index >= 15 is 0 Å². The van der Waals surface area contributed by atoms with Gasteiger partial charge in [0.25, 0.3) is 5.91 Å². The third kappa shape index (κ3) is 3.40. The highest BCUT2D eigenvalue weighted by Crippen LogP contribution is 2.20. The Hall–Kier alpha value is -1.80. The summed E-state index contributed by atoms with van der Waals surface area (Å²) in [7, 11) is -3.31. The van der Waals surface area contributed by atoms with Crippen LogP contribution in [0.4, 0.5) is 0 Å². The zero-order valence-corrected chi connectivity index (χ0v) is 12.5. The molecule has 0 fully saturated rings. The molecule has 20 heavy (non-hydrogen) atoms. The van der Waals surface area contributed by atoms with Crippen LogP contribution in [0.25, 0.3) is 0 Å². The molecule has 0 spiro atoms. The van der Waals surface area contributed by atoms with Gasteiger partial charge >= 0.3 is 0 Å². The number of sulfone groups is 1. The van der Waals surface area contributed by atoms with Gasteiger partial charge in [0, 0.05) is 29.6 Å². The van der Waals surface area contributed by atoms with Crippen molar-refractivity contribution in [3.63, 3.8) is 0 Å². The minimum absolute atomic E-state index is 0.0533. The van der Waals surface area contributed by atoms with Crippen molar-refractivity contribution >= 4 is 27.1 Å². The lowest BCUT2D eigenvalue weighted by atomic mass is 10.2. The monoisotopic (exact) mass is 311 g/mol. The van der Waals surface area contributed by atoms with Crippen LogP contribution in [0.1, 0.15) is 29.0 Å². The van der Waals surface area contributed by atoms with E-state index in [1.165, 1.54) is 12.4 Å². The molecule has 0 radical (unpaired) electrons. The lowest BCUT2D eigenvalue weighted by molar-refractivity contribution is 0.0939. The van der Waals surface area contributed by atoms with Gasteiger partial charge in [0.05, 0.1) is 11.7 Å². The summed E-state index contributed by atoms with van der Waals surface area (Å²) < 4.78 is 22.8. The normalized spacial score (nSPS) is 12.9. The molecule has 0 unspecified atom stereocenters. The van der Waals surface area contributed by atoms with Crippen molar-refractivity contribution in [1.29, 1.82) is 0 Å². The van der Waals surface area contributed by atoms with Crippen LogP contribution in [0.5, 0.6) is 0 Å². The van der Waals surface area contributed by atoms with Gasteiger partial charge < -0.3 is 5.32 Å². The van der Waals surface area contributed by atoms with Crippen molar-refractivity contribution in [2.45, 2.75) is 17.3 Å². The standard InChI is InChI=1S/C12H13N3O3S2/c1-8(10-7-19-12(15-10)20(2,17)18)14-11(16)9-3-5-13-6-4-9/h3-8H,1-2H3,(H,14,16)/t8-/m0/s1. The lowest BCUT2D eigenvalue weighted by Gasteiger charge is -2.11. The Labute approximate surface area is 120 Å². The maximum atomic E-state index is 12.0. The molecular formula is C12H13N3O3S2. The lowest BCUT2D eigenvalue weighted by Crippen LogP contribution is -2.26. The van der Waals surface area contributed by atoms with Gasteiger partial charge in [-0.25, -0.2) is 13.4 Å². The van der Waals surface area contributed by atoms with Crippen molar-refractivity contribution in [3.8, 4) is 0 Å². The second kappa shape index (κ2) is 5.68. The first-order chi connectivity index (χ1) is 9.38. The second-order valence-corrected chi connectivity index (χ2v) is 7.29. The molecule has 2 rings (SSSR count). The summed E-state index contributed by atoms with van der Waals surface area (Å²) in [6, 6.07) is 2.83. The molecule has 0 saturated carbocycles. The Bertz CT molecular complexity index is 711. The van der Waals surface area contributed by atoms with Gasteiger partial charge in [-0.3, -0.25) is 9.78 Å². The summed E-state index contributed by atoms with van der Waals surface area (Å²) in [5.74, 6) is -0.256. The first kappa shape index (κ1) is 14.6. The van der Waals surface area contributed by atoms with Gasteiger partial charge in [-0.05, 0) is 19.1 Å². The van der Waals surface area contributed by atoms with Crippen LogP contribution in [0.3, 0.4) is 0 Å². The molecule has 2 heterocycles. The number of carbonyl (C=O) groups is 1. The van der Waals surface area contributed by atoms with Gasteiger partial charge in [-0.15, -0.1) is 11.3 Å². The van der Waals surface area contributed by atoms with Crippen molar-refractivity contribution in [3.05, 3.63) is 41.2 Å². The van der Waals surface area contributed by atoms with Crippen molar-refractivity contribution in [2.24, 2.45) is 0 Å². The molecule has 1 atom stereocenters. The minimum atomic E-state index is -3.31. The van der Waals surface area contributed by atoms with E-state index in [0.717, 1.165) is 17.6 Å². The minimum Gasteiger partial charge on any atom is -0.344 e. The predicted octanol–water partition coefficient (Wildman–Crippen LogP) is 1.43.